The van der Waals surface area contributed by atoms with Crippen molar-refractivity contribution in [3.8, 4) is 0 Å². The number of hydrogen-bond acceptors (Lipinski definition) is 3. The number of rotatable bonds is 5. The van der Waals surface area contributed by atoms with Crippen LogP contribution in [0.15, 0.2) is 0 Å². The van der Waals surface area contributed by atoms with E-state index >= 15 is 0 Å². The van der Waals surface area contributed by atoms with Gasteiger partial charge in [0.05, 0.1) is 0 Å². The minimum absolute atomic E-state index is 0.0260. The molecular weight excluding hydrogens is 230 g/mol. The predicted molar refractivity (Wildman–Crippen MR) is 71.1 cm³/mol. The lowest BCUT2D eigenvalue weighted by molar-refractivity contribution is -0.150. The fraction of sp³-hybridized carbons (Fsp3) is 0.846. The average molecular weight is 255 g/mol. The number of hydrogen-bond donors (Lipinski definition) is 1. The molecule has 5 nitrogen and oxygen atoms in total. The molecule has 0 aromatic carbocycles. The monoisotopic (exact) mass is 255 g/mol. The molecule has 0 saturated carbocycles. The largest absolute Gasteiger partial charge is 0.343 e. The van der Waals surface area contributed by atoms with Crippen molar-refractivity contribution in [3.05, 3.63) is 0 Å². The van der Waals surface area contributed by atoms with Crippen LogP contribution in [0.3, 0.4) is 0 Å². The van der Waals surface area contributed by atoms with Crippen LogP contribution in [0.2, 0.25) is 0 Å². The second-order valence-corrected chi connectivity index (χ2v) is 5.61. The molecule has 1 aliphatic rings. The first-order valence-electron chi connectivity index (χ1n) is 6.60. The van der Waals surface area contributed by atoms with Crippen molar-refractivity contribution in [2.45, 2.75) is 39.3 Å². The Hall–Kier alpha value is -1.10. The summed E-state index contributed by atoms with van der Waals surface area (Å²) in [6.07, 6.45) is 0.891. The van der Waals surface area contributed by atoms with Gasteiger partial charge in [-0.25, -0.2) is 0 Å². The van der Waals surface area contributed by atoms with E-state index < -0.39 is 6.04 Å². The Balaban J connectivity index is 2.72. The summed E-state index contributed by atoms with van der Waals surface area (Å²) in [5, 5.41) is 2.75. The zero-order valence-corrected chi connectivity index (χ0v) is 12.1. The van der Waals surface area contributed by atoms with Gasteiger partial charge in [-0.05, 0) is 39.9 Å². The molecule has 0 bridgehead atoms. The Morgan fingerprint density at radius 3 is 2.44 bits per heavy atom. The van der Waals surface area contributed by atoms with E-state index in [2.05, 4.69) is 10.2 Å². The minimum Gasteiger partial charge on any atom is -0.343 e. The first-order valence-corrected chi connectivity index (χ1v) is 6.60. The average Bonchev–Trinajstić information content (AvgIpc) is 2.23. The van der Waals surface area contributed by atoms with Crippen molar-refractivity contribution in [1.29, 1.82) is 0 Å². The molecule has 18 heavy (non-hydrogen) atoms. The third-order valence-electron chi connectivity index (χ3n) is 3.25. The first-order chi connectivity index (χ1) is 8.34. The maximum absolute atomic E-state index is 12.2. The summed E-state index contributed by atoms with van der Waals surface area (Å²) < 4.78 is 0. The third kappa shape index (κ3) is 3.45. The highest BCUT2D eigenvalue weighted by Crippen LogP contribution is 2.17. The Morgan fingerprint density at radius 1 is 1.33 bits per heavy atom. The zero-order chi connectivity index (χ0) is 13.9. The van der Waals surface area contributed by atoms with Gasteiger partial charge in [0, 0.05) is 6.54 Å². The van der Waals surface area contributed by atoms with Crippen LogP contribution in [-0.4, -0.2) is 60.9 Å². The molecule has 0 aromatic rings. The van der Waals surface area contributed by atoms with Crippen molar-refractivity contribution in [1.82, 2.24) is 15.1 Å². The lowest BCUT2D eigenvalue weighted by atomic mass is 9.97. The van der Waals surface area contributed by atoms with Crippen molar-refractivity contribution in [2.75, 3.05) is 27.2 Å². The van der Waals surface area contributed by atoms with Gasteiger partial charge in [-0.2, -0.15) is 0 Å². The van der Waals surface area contributed by atoms with Gasteiger partial charge in [-0.3, -0.25) is 9.59 Å². The van der Waals surface area contributed by atoms with E-state index in [1.54, 1.807) is 11.8 Å². The van der Waals surface area contributed by atoms with E-state index in [4.69, 9.17) is 0 Å². The van der Waals surface area contributed by atoms with E-state index in [0.29, 0.717) is 6.54 Å². The summed E-state index contributed by atoms with van der Waals surface area (Å²) in [4.78, 5) is 28.0. The van der Waals surface area contributed by atoms with E-state index in [9.17, 15) is 9.59 Å². The Morgan fingerprint density at radius 2 is 1.94 bits per heavy atom. The Bertz CT molecular complexity index is 315. The highest BCUT2D eigenvalue weighted by molar-refractivity contribution is 5.96. The van der Waals surface area contributed by atoms with Crippen molar-refractivity contribution in [3.63, 3.8) is 0 Å². The molecule has 2 atom stereocenters. The van der Waals surface area contributed by atoms with Gasteiger partial charge in [0.25, 0.3) is 0 Å². The highest BCUT2D eigenvalue weighted by Gasteiger charge is 2.39. The normalized spacial score (nSPS) is 24.9. The van der Waals surface area contributed by atoms with Gasteiger partial charge in [0.1, 0.15) is 12.1 Å². The summed E-state index contributed by atoms with van der Waals surface area (Å²) in [5.41, 5.74) is 0. The van der Waals surface area contributed by atoms with Gasteiger partial charge in [0.2, 0.25) is 11.8 Å². The molecule has 0 aliphatic carbocycles. The Labute approximate surface area is 110 Å². The Kier molecular flexibility index (Phi) is 5.14. The molecule has 1 N–H and O–H groups in total. The number of nitrogens with zero attached hydrogens (tertiary/aromatic N) is 2. The molecule has 0 aromatic heterocycles. The van der Waals surface area contributed by atoms with Gasteiger partial charge in [0.15, 0.2) is 0 Å². The van der Waals surface area contributed by atoms with Crippen LogP contribution < -0.4 is 5.32 Å². The van der Waals surface area contributed by atoms with Crippen LogP contribution >= 0.6 is 0 Å². The molecule has 1 rings (SSSR count). The summed E-state index contributed by atoms with van der Waals surface area (Å²) >= 11 is 0. The molecule has 1 saturated heterocycles. The fourth-order valence-corrected chi connectivity index (χ4v) is 2.36. The number of nitrogens with one attached hydrogen (secondary N) is 1. The standard InChI is InChI=1S/C13H25N3O2/c1-9(2)11-12(17)14-10(3)13(18)16(11)8-6-7-15(4)5/h9-11H,6-8H2,1-5H3,(H,14,17). The van der Waals surface area contributed by atoms with E-state index in [1.807, 2.05) is 27.9 Å². The summed E-state index contributed by atoms with van der Waals surface area (Å²) in [6.45, 7) is 7.27. The SMILES string of the molecule is CC1NC(=O)C(C(C)C)N(CCCN(C)C)C1=O. The maximum Gasteiger partial charge on any atom is 0.245 e. The van der Waals surface area contributed by atoms with Crippen molar-refractivity contribution in [2.24, 2.45) is 5.92 Å². The third-order valence-corrected chi connectivity index (χ3v) is 3.25. The smallest absolute Gasteiger partial charge is 0.245 e. The molecule has 1 heterocycles. The predicted octanol–water partition coefficient (Wildman–Crippen LogP) is 0.310. The number of piperazine rings is 1. The molecule has 5 heteroatoms. The summed E-state index contributed by atoms with van der Waals surface area (Å²) in [7, 11) is 4.01. The fourth-order valence-electron chi connectivity index (χ4n) is 2.36. The second kappa shape index (κ2) is 6.18. The highest BCUT2D eigenvalue weighted by atomic mass is 16.2. The van der Waals surface area contributed by atoms with Crippen LogP contribution in [0.5, 0.6) is 0 Å². The van der Waals surface area contributed by atoms with Crippen molar-refractivity contribution >= 4 is 11.8 Å². The van der Waals surface area contributed by atoms with E-state index in [1.165, 1.54) is 0 Å². The maximum atomic E-state index is 12.2. The molecule has 0 radical (unpaired) electrons. The van der Waals surface area contributed by atoms with E-state index in [-0.39, 0.29) is 23.8 Å². The minimum atomic E-state index is -0.396. The molecule has 2 unspecified atom stereocenters. The lowest BCUT2D eigenvalue weighted by Crippen LogP contribution is -2.64. The number of amides is 2. The lowest BCUT2D eigenvalue weighted by Gasteiger charge is -2.40. The second-order valence-electron chi connectivity index (χ2n) is 5.61. The summed E-state index contributed by atoms with van der Waals surface area (Å²) in [6, 6.07) is -0.720. The van der Waals surface area contributed by atoms with Gasteiger partial charge in [-0.1, -0.05) is 13.8 Å². The van der Waals surface area contributed by atoms with Gasteiger partial charge < -0.3 is 15.1 Å². The van der Waals surface area contributed by atoms with Crippen LogP contribution in [0.4, 0.5) is 0 Å². The quantitative estimate of drug-likeness (QED) is 0.769. The zero-order valence-electron chi connectivity index (χ0n) is 12.1. The first kappa shape index (κ1) is 15.0. The molecular formula is C13H25N3O2. The summed E-state index contributed by atoms with van der Waals surface area (Å²) in [5.74, 6) is 0.148. The molecule has 2 amide bonds. The molecule has 0 spiro atoms. The van der Waals surface area contributed by atoms with Crippen molar-refractivity contribution < 1.29 is 9.59 Å². The van der Waals surface area contributed by atoms with Gasteiger partial charge in [-0.15, -0.1) is 0 Å². The van der Waals surface area contributed by atoms with E-state index in [0.717, 1.165) is 13.0 Å². The molecule has 104 valence electrons. The number of carbonyl (C=O) groups is 2. The molecule has 1 fully saturated rings. The van der Waals surface area contributed by atoms with Crippen LogP contribution in [0, 0.1) is 5.92 Å². The van der Waals surface area contributed by atoms with Gasteiger partial charge >= 0.3 is 0 Å². The van der Waals surface area contributed by atoms with Crippen LogP contribution in [0.1, 0.15) is 27.2 Å². The number of carbonyl (C=O) groups excluding carboxylic acids is 2. The molecule has 1 aliphatic heterocycles. The van der Waals surface area contributed by atoms with Crippen LogP contribution in [0.25, 0.3) is 0 Å². The van der Waals surface area contributed by atoms with Crippen LogP contribution in [-0.2, 0) is 9.59 Å². The topological polar surface area (TPSA) is 52.7 Å².